The molecule has 0 unspecified atom stereocenters. The fraction of sp³-hybridized carbons (Fsp3) is 0.100. The van der Waals surface area contributed by atoms with Gasteiger partial charge in [-0.15, -0.1) is 0 Å². The first-order chi connectivity index (χ1) is 12.1. The molecule has 2 N–H and O–H groups in total. The van der Waals surface area contributed by atoms with E-state index in [0.717, 1.165) is 11.1 Å². The highest BCUT2D eigenvalue weighted by atomic mass is 16.4. The van der Waals surface area contributed by atoms with Crippen molar-refractivity contribution in [3.63, 3.8) is 0 Å². The molecular formula is C20H17NO4. The number of rotatable bonds is 6. The predicted octanol–water partition coefficient (Wildman–Crippen LogP) is 4.22. The van der Waals surface area contributed by atoms with Crippen molar-refractivity contribution in [2.24, 2.45) is 0 Å². The molecule has 0 saturated carbocycles. The number of aliphatic carboxylic acids is 1. The van der Waals surface area contributed by atoms with Crippen molar-refractivity contribution in [1.29, 1.82) is 0 Å². The predicted molar refractivity (Wildman–Crippen MR) is 94.5 cm³/mol. The molecule has 2 aromatic carbocycles. The van der Waals surface area contributed by atoms with Crippen molar-refractivity contribution in [2.75, 3.05) is 5.32 Å². The summed E-state index contributed by atoms with van der Waals surface area (Å²) in [6.07, 6.45) is 0.544. The van der Waals surface area contributed by atoms with Gasteiger partial charge in [-0.3, -0.25) is 9.59 Å². The second kappa shape index (κ2) is 7.49. The Bertz CT molecular complexity index is 866. The molecule has 0 aliphatic heterocycles. The van der Waals surface area contributed by atoms with Gasteiger partial charge < -0.3 is 14.8 Å². The van der Waals surface area contributed by atoms with Gasteiger partial charge in [0.25, 0.3) is 5.91 Å². The number of nitrogens with one attached hydrogen (secondary N) is 1. The maximum absolute atomic E-state index is 12.3. The number of anilines is 1. The largest absolute Gasteiger partial charge is 0.481 e. The molecule has 5 heteroatoms. The highest BCUT2D eigenvalue weighted by Gasteiger charge is 2.12. The lowest BCUT2D eigenvalue weighted by molar-refractivity contribution is -0.136. The Morgan fingerprint density at radius 3 is 2.32 bits per heavy atom. The van der Waals surface area contributed by atoms with Crippen LogP contribution in [-0.4, -0.2) is 17.0 Å². The van der Waals surface area contributed by atoms with Gasteiger partial charge in [0.15, 0.2) is 5.76 Å². The zero-order valence-electron chi connectivity index (χ0n) is 13.4. The van der Waals surface area contributed by atoms with E-state index in [1.807, 2.05) is 30.3 Å². The molecule has 0 aliphatic carbocycles. The van der Waals surface area contributed by atoms with Gasteiger partial charge in [-0.05, 0) is 36.2 Å². The summed E-state index contributed by atoms with van der Waals surface area (Å²) in [5.41, 5.74) is 2.44. The maximum Gasteiger partial charge on any atom is 0.303 e. The first-order valence-electron chi connectivity index (χ1n) is 7.89. The number of amides is 1. The van der Waals surface area contributed by atoms with E-state index < -0.39 is 5.97 Å². The Balaban J connectivity index is 1.64. The Morgan fingerprint density at radius 2 is 1.64 bits per heavy atom. The number of hydrogen-bond acceptors (Lipinski definition) is 3. The van der Waals surface area contributed by atoms with Gasteiger partial charge in [0.2, 0.25) is 0 Å². The van der Waals surface area contributed by atoms with Gasteiger partial charge in [-0.2, -0.15) is 0 Å². The fourth-order valence-corrected chi connectivity index (χ4v) is 2.42. The van der Waals surface area contributed by atoms with Crippen LogP contribution >= 0.6 is 0 Å². The Labute approximate surface area is 144 Å². The minimum atomic E-state index is -0.829. The second-order valence-electron chi connectivity index (χ2n) is 5.57. The van der Waals surface area contributed by atoms with E-state index in [1.165, 1.54) is 0 Å². The molecular weight excluding hydrogens is 318 g/mol. The van der Waals surface area contributed by atoms with E-state index >= 15 is 0 Å². The number of aryl methyl sites for hydroxylation is 1. The highest BCUT2D eigenvalue weighted by molar-refractivity contribution is 6.02. The second-order valence-corrected chi connectivity index (χ2v) is 5.57. The van der Waals surface area contributed by atoms with Crippen molar-refractivity contribution < 1.29 is 19.1 Å². The van der Waals surface area contributed by atoms with Crippen molar-refractivity contribution >= 4 is 17.6 Å². The monoisotopic (exact) mass is 335 g/mol. The Hall–Kier alpha value is -3.34. The van der Waals surface area contributed by atoms with E-state index in [2.05, 4.69) is 5.32 Å². The topological polar surface area (TPSA) is 79.5 Å². The van der Waals surface area contributed by atoms with Crippen LogP contribution in [0.5, 0.6) is 0 Å². The lowest BCUT2D eigenvalue weighted by Gasteiger charge is -2.05. The fourth-order valence-electron chi connectivity index (χ4n) is 2.42. The number of carboxylic acid groups (broad SMARTS) is 1. The van der Waals surface area contributed by atoms with E-state index in [-0.39, 0.29) is 18.1 Å². The van der Waals surface area contributed by atoms with Crippen molar-refractivity contribution in [3.8, 4) is 11.3 Å². The molecule has 1 heterocycles. The van der Waals surface area contributed by atoms with Gasteiger partial charge in [0, 0.05) is 17.7 Å². The van der Waals surface area contributed by atoms with E-state index in [9.17, 15) is 9.59 Å². The van der Waals surface area contributed by atoms with Gasteiger partial charge >= 0.3 is 5.97 Å². The van der Waals surface area contributed by atoms with Gasteiger partial charge in [-0.1, -0.05) is 42.5 Å². The number of benzene rings is 2. The number of furan rings is 1. The summed E-state index contributed by atoms with van der Waals surface area (Å²) < 4.78 is 5.62. The summed E-state index contributed by atoms with van der Waals surface area (Å²) in [6.45, 7) is 0. The zero-order valence-corrected chi connectivity index (χ0v) is 13.4. The molecule has 1 amide bonds. The average molecular weight is 335 g/mol. The molecule has 5 nitrogen and oxygen atoms in total. The summed E-state index contributed by atoms with van der Waals surface area (Å²) in [5.74, 6) is -0.298. The maximum atomic E-state index is 12.3. The van der Waals surface area contributed by atoms with Crippen molar-refractivity contribution in [3.05, 3.63) is 78.1 Å². The smallest absolute Gasteiger partial charge is 0.303 e. The van der Waals surface area contributed by atoms with Crippen LogP contribution in [0.4, 0.5) is 5.69 Å². The molecule has 0 aliphatic rings. The number of carboxylic acids is 1. The first-order valence-corrected chi connectivity index (χ1v) is 7.89. The molecule has 25 heavy (non-hydrogen) atoms. The molecule has 0 bridgehead atoms. The molecule has 126 valence electrons. The summed E-state index contributed by atoms with van der Waals surface area (Å²) in [5, 5.41) is 11.5. The lowest BCUT2D eigenvalue weighted by Crippen LogP contribution is -2.10. The van der Waals surface area contributed by atoms with Crippen molar-refractivity contribution in [1.82, 2.24) is 0 Å². The Kier molecular flexibility index (Phi) is 4.95. The van der Waals surface area contributed by atoms with Crippen LogP contribution in [0, 0.1) is 0 Å². The SMILES string of the molecule is O=C(O)CCc1ccc(NC(=O)c2ccc(-c3ccccc3)o2)cc1. The molecule has 0 fully saturated rings. The average Bonchev–Trinajstić information content (AvgIpc) is 3.12. The quantitative estimate of drug-likeness (QED) is 0.707. The highest BCUT2D eigenvalue weighted by Crippen LogP contribution is 2.22. The standard InChI is InChI=1S/C20H17NO4/c22-19(23)13-8-14-6-9-16(10-7-14)21-20(24)18-12-11-17(25-18)15-4-2-1-3-5-15/h1-7,9-12H,8,13H2,(H,21,24)(H,22,23). The lowest BCUT2D eigenvalue weighted by atomic mass is 10.1. The Morgan fingerprint density at radius 1 is 0.920 bits per heavy atom. The van der Waals surface area contributed by atoms with Crippen LogP contribution < -0.4 is 5.32 Å². The van der Waals surface area contributed by atoms with Crippen LogP contribution in [0.1, 0.15) is 22.5 Å². The van der Waals surface area contributed by atoms with E-state index in [1.54, 1.807) is 36.4 Å². The molecule has 0 atom stereocenters. The molecule has 3 rings (SSSR count). The van der Waals surface area contributed by atoms with Crippen LogP contribution in [0.15, 0.2) is 71.1 Å². The minimum Gasteiger partial charge on any atom is -0.481 e. The summed E-state index contributed by atoms with van der Waals surface area (Å²) >= 11 is 0. The van der Waals surface area contributed by atoms with Gasteiger partial charge in [0.1, 0.15) is 5.76 Å². The molecule has 0 radical (unpaired) electrons. The number of carbonyl (C=O) groups is 2. The van der Waals surface area contributed by atoms with E-state index in [0.29, 0.717) is 17.9 Å². The molecule has 3 aromatic rings. The third kappa shape index (κ3) is 4.35. The third-order valence-corrected chi connectivity index (χ3v) is 3.73. The van der Waals surface area contributed by atoms with Gasteiger partial charge in [-0.25, -0.2) is 0 Å². The van der Waals surface area contributed by atoms with Crippen LogP contribution in [0.3, 0.4) is 0 Å². The number of hydrogen-bond donors (Lipinski definition) is 2. The molecule has 1 aromatic heterocycles. The molecule has 0 saturated heterocycles. The summed E-state index contributed by atoms with van der Waals surface area (Å²) in [4.78, 5) is 22.9. The third-order valence-electron chi connectivity index (χ3n) is 3.73. The number of carbonyl (C=O) groups excluding carboxylic acids is 1. The van der Waals surface area contributed by atoms with Gasteiger partial charge in [0.05, 0.1) is 0 Å². The first kappa shape index (κ1) is 16.5. The summed E-state index contributed by atoms with van der Waals surface area (Å²) in [6, 6.07) is 20.1. The van der Waals surface area contributed by atoms with Crippen molar-refractivity contribution in [2.45, 2.75) is 12.8 Å². The normalized spacial score (nSPS) is 10.4. The van der Waals surface area contributed by atoms with Crippen LogP contribution in [0.25, 0.3) is 11.3 Å². The zero-order chi connectivity index (χ0) is 17.6. The molecule has 0 spiro atoms. The van der Waals surface area contributed by atoms with E-state index in [4.69, 9.17) is 9.52 Å². The van der Waals surface area contributed by atoms with Crippen LogP contribution in [-0.2, 0) is 11.2 Å². The minimum absolute atomic E-state index is 0.0837. The van der Waals surface area contributed by atoms with Crippen LogP contribution in [0.2, 0.25) is 0 Å². The summed E-state index contributed by atoms with van der Waals surface area (Å²) in [7, 11) is 0.